The minimum atomic E-state index is -3.49. The molecule has 1 amide bonds. The molecule has 0 radical (unpaired) electrons. The highest BCUT2D eigenvalue weighted by atomic mass is 32.2. The van der Waals surface area contributed by atoms with E-state index in [2.05, 4.69) is 10.3 Å². The average Bonchev–Trinajstić information content (AvgIpc) is 3.25. The van der Waals surface area contributed by atoms with E-state index in [-0.39, 0.29) is 16.6 Å². The second kappa shape index (κ2) is 7.59. The molecule has 1 aliphatic heterocycles. The summed E-state index contributed by atoms with van der Waals surface area (Å²) in [5, 5.41) is 3.50. The summed E-state index contributed by atoms with van der Waals surface area (Å²) in [4.78, 5) is 16.5. The lowest BCUT2D eigenvalue weighted by atomic mass is 10.3. The lowest BCUT2D eigenvalue weighted by molar-refractivity contribution is -0.113. The molecule has 0 spiro atoms. The van der Waals surface area contributed by atoms with Gasteiger partial charge in [0, 0.05) is 38.2 Å². The van der Waals surface area contributed by atoms with Gasteiger partial charge in [0.1, 0.15) is 0 Å². The molecule has 1 fully saturated rings. The highest BCUT2D eigenvalue weighted by Crippen LogP contribution is 2.23. The van der Waals surface area contributed by atoms with E-state index in [1.54, 1.807) is 24.4 Å². The van der Waals surface area contributed by atoms with Crippen LogP contribution in [-0.2, 0) is 21.9 Å². The van der Waals surface area contributed by atoms with Gasteiger partial charge in [-0.1, -0.05) is 17.8 Å². The largest absolute Gasteiger partial charge is 0.329 e. The molecule has 134 valence electrons. The van der Waals surface area contributed by atoms with Crippen molar-refractivity contribution < 1.29 is 13.2 Å². The minimum absolute atomic E-state index is 0.202. The molecule has 0 unspecified atom stereocenters. The van der Waals surface area contributed by atoms with Gasteiger partial charge in [0.2, 0.25) is 15.9 Å². The van der Waals surface area contributed by atoms with Crippen LogP contribution >= 0.6 is 11.8 Å². The van der Waals surface area contributed by atoms with Crippen molar-refractivity contribution in [2.24, 2.45) is 7.05 Å². The fourth-order valence-electron chi connectivity index (χ4n) is 2.63. The summed E-state index contributed by atoms with van der Waals surface area (Å²) in [7, 11) is -1.63. The van der Waals surface area contributed by atoms with Crippen LogP contribution in [0, 0.1) is 0 Å². The molecule has 0 bridgehead atoms. The van der Waals surface area contributed by atoms with E-state index >= 15 is 0 Å². The van der Waals surface area contributed by atoms with Crippen LogP contribution in [-0.4, -0.2) is 47.0 Å². The fourth-order valence-corrected chi connectivity index (χ4v) is 4.93. The van der Waals surface area contributed by atoms with Crippen LogP contribution in [0.4, 0.5) is 5.69 Å². The number of aromatic nitrogens is 2. The van der Waals surface area contributed by atoms with Gasteiger partial charge in [-0.3, -0.25) is 4.79 Å². The zero-order chi connectivity index (χ0) is 17.9. The van der Waals surface area contributed by atoms with Crippen molar-refractivity contribution in [3.63, 3.8) is 0 Å². The molecule has 1 saturated heterocycles. The van der Waals surface area contributed by atoms with Gasteiger partial charge in [-0.05, 0) is 31.0 Å². The molecular formula is C16H20N4O3S2. The number of hydrogen-bond acceptors (Lipinski definition) is 5. The van der Waals surface area contributed by atoms with Gasteiger partial charge in [-0.2, -0.15) is 4.31 Å². The molecular weight excluding hydrogens is 360 g/mol. The quantitative estimate of drug-likeness (QED) is 0.774. The number of amides is 1. The van der Waals surface area contributed by atoms with Crippen molar-refractivity contribution in [1.82, 2.24) is 13.9 Å². The number of imidazole rings is 1. The lowest BCUT2D eigenvalue weighted by Crippen LogP contribution is -2.28. The molecule has 2 aromatic rings. The Morgan fingerprint density at radius 1 is 1.32 bits per heavy atom. The van der Waals surface area contributed by atoms with E-state index in [0.29, 0.717) is 18.8 Å². The van der Waals surface area contributed by atoms with Crippen LogP contribution in [0.15, 0.2) is 46.7 Å². The third kappa shape index (κ3) is 4.23. The normalized spacial score (nSPS) is 15.4. The van der Waals surface area contributed by atoms with Crippen LogP contribution in [0.25, 0.3) is 0 Å². The predicted molar refractivity (Wildman–Crippen MR) is 97.0 cm³/mol. The van der Waals surface area contributed by atoms with Crippen LogP contribution < -0.4 is 5.32 Å². The van der Waals surface area contributed by atoms with Crippen LogP contribution in [0.3, 0.4) is 0 Å². The van der Waals surface area contributed by atoms with Crippen LogP contribution in [0.2, 0.25) is 0 Å². The maximum atomic E-state index is 12.6. The third-order valence-corrected chi connectivity index (χ3v) is 6.88. The number of thioether (sulfide) groups is 1. The summed E-state index contributed by atoms with van der Waals surface area (Å²) < 4.78 is 28.5. The van der Waals surface area contributed by atoms with E-state index in [1.165, 1.54) is 22.1 Å². The number of carbonyl (C=O) groups excluding carboxylic acids is 1. The first kappa shape index (κ1) is 18.0. The molecule has 0 saturated carbocycles. The number of sulfonamides is 1. The van der Waals surface area contributed by atoms with Gasteiger partial charge in [-0.25, -0.2) is 13.4 Å². The molecule has 0 atom stereocenters. The summed E-state index contributed by atoms with van der Waals surface area (Å²) in [5.41, 5.74) is 0.478. The van der Waals surface area contributed by atoms with Crippen molar-refractivity contribution >= 4 is 33.4 Å². The Morgan fingerprint density at radius 3 is 2.76 bits per heavy atom. The number of anilines is 1. The molecule has 1 N–H and O–H groups in total. The van der Waals surface area contributed by atoms with Crippen molar-refractivity contribution in [2.75, 3.05) is 24.2 Å². The summed E-state index contributed by atoms with van der Waals surface area (Å²) in [6.45, 7) is 1.11. The van der Waals surface area contributed by atoms with E-state index in [1.807, 2.05) is 17.8 Å². The van der Waals surface area contributed by atoms with Crippen molar-refractivity contribution in [3.05, 3.63) is 36.7 Å². The highest BCUT2D eigenvalue weighted by Gasteiger charge is 2.27. The average molecular weight is 380 g/mol. The Kier molecular flexibility index (Phi) is 5.45. The Hall–Kier alpha value is -1.84. The van der Waals surface area contributed by atoms with Gasteiger partial charge in [-0.15, -0.1) is 0 Å². The molecule has 2 heterocycles. The number of aryl methyl sites for hydroxylation is 1. The third-order valence-electron chi connectivity index (χ3n) is 3.93. The predicted octanol–water partition coefficient (Wildman–Crippen LogP) is 1.94. The van der Waals surface area contributed by atoms with Gasteiger partial charge < -0.3 is 9.88 Å². The van der Waals surface area contributed by atoms with Crippen molar-refractivity contribution in [3.8, 4) is 0 Å². The Bertz CT molecular complexity index is 858. The van der Waals surface area contributed by atoms with Gasteiger partial charge in [0.15, 0.2) is 5.16 Å². The van der Waals surface area contributed by atoms with Gasteiger partial charge >= 0.3 is 0 Å². The Morgan fingerprint density at radius 2 is 2.08 bits per heavy atom. The SMILES string of the molecule is Cn1ccnc1SCC(=O)Nc1cccc(S(=O)(=O)N2CCCC2)c1. The molecule has 25 heavy (non-hydrogen) atoms. The standard InChI is InChI=1S/C16H20N4O3S2/c1-19-10-7-17-16(19)24-12-15(21)18-13-5-4-6-14(11-13)25(22,23)20-8-2-3-9-20/h4-7,10-11H,2-3,8-9,12H2,1H3,(H,18,21). The first-order valence-electron chi connectivity index (χ1n) is 7.97. The second-order valence-corrected chi connectivity index (χ2v) is 8.68. The maximum Gasteiger partial charge on any atom is 0.243 e. The number of nitrogens with zero attached hydrogens (tertiary/aromatic N) is 3. The lowest BCUT2D eigenvalue weighted by Gasteiger charge is -2.16. The molecule has 3 rings (SSSR count). The van der Waals surface area contributed by atoms with Crippen molar-refractivity contribution in [2.45, 2.75) is 22.9 Å². The van der Waals surface area contributed by atoms with E-state index in [9.17, 15) is 13.2 Å². The second-order valence-electron chi connectivity index (χ2n) is 5.80. The summed E-state index contributed by atoms with van der Waals surface area (Å²) in [6, 6.07) is 6.40. The molecule has 1 aliphatic rings. The number of carbonyl (C=O) groups is 1. The topological polar surface area (TPSA) is 84.3 Å². The summed E-state index contributed by atoms with van der Waals surface area (Å²) in [6.07, 6.45) is 5.26. The number of nitrogens with one attached hydrogen (secondary N) is 1. The van der Waals surface area contributed by atoms with Gasteiger partial charge in [0.25, 0.3) is 0 Å². The molecule has 1 aromatic carbocycles. The summed E-state index contributed by atoms with van der Waals surface area (Å²) >= 11 is 1.32. The van der Waals surface area contributed by atoms with Crippen LogP contribution in [0.5, 0.6) is 0 Å². The fraction of sp³-hybridized carbons (Fsp3) is 0.375. The number of benzene rings is 1. The number of hydrogen-bond donors (Lipinski definition) is 1. The zero-order valence-electron chi connectivity index (χ0n) is 13.9. The smallest absolute Gasteiger partial charge is 0.243 e. The zero-order valence-corrected chi connectivity index (χ0v) is 15.5. The minimum Gasteiger partial charge on any atom is -0.329 e. The van der Waals surface area contributed by atoms with E-state index in [4.69, 9.17) is 0 Å². The highest BCUT2D eigenvalue weighted by molar-refractivity contribution is 7.99. The van der Waals surface area contributed by atoms with Crippen molar-refractivity contribution in [1.29, 1.82) is 0 Å². The summed E-state index contributed by atoms with van der Waals surface area (Å²) in [5.74, 6) is -0.00255. The van der Waals surface area contributed by atoms with E-state index in [0.717, 1.165) is 18.0 Å². The van der Waals surface area contributed by atoms with Crippen LogP contribution in [0.1, 0.15) is 12.8 Å². The molecule has 7 nitrogen and oxygen atoms in total. The van der Waals surface area contributed by atoms with Gasteiger partial charge in [0.05, 0.1) is 10.6 Å². The molecule has 0 aliphatic carbocycles. The Balaban J connectivity index is 1.65. The Labute approximate surface area is 151 Å². The monoisotopic (exact) mass is 380 g/mol. The molecule has 1 aromatic heterocycles. The maximum absolute atomic E-state index is 12.6. The first-order valence-corrected chi connectivity index (χ1v) is 10.4. The number of rotatable bonds is 6. The first-order chi connectivity index (χ1) is 12.0. The molecule has 9 heteroatoms. The van der Waals surface area contributed by atoms with E-state index < -0.39 is 10.0 Å².